The van der Waals surface area contributed by atoms with Gasteiger partial charge in [-0.1, -0.05) is 11.6 Å². The molecule has 0 saturated carbocycles. The molecule has 1 saturated heterocycles. The second kappa shape index (κ2) is 4.85. The van der Waals surface area contributed by atoms with Crippen molar-refractivity contribution in [3.05, 3.63) is 17.3 Å². The minimum atomic E-state index is -0.860. The maximum atomic E-state index is 11.0. The van der Waals surface area contributed by atoms with E-state index in [1.807, 2.05) is 0 Å². The predicted octanol–water partition coefficient (Wildman–Crippen LogP) is 0.666. The van der Waals surface area contributed by atoms with Gasteiger partial charge in [-0.25, -0.2) is 0 Å². The van der Waals surface area contributed by atoms with E-state index in [9.17, 15) is 4.79 Å². The fraction of sp³-hybridized carbons (Fsp3) is 0.500. The molecule has 7 heteroatoms. The van der Waals surface area contributed by atoms with Crippen molar-refractivity contribution in [1.29, 1.82) is 0 Å². The number of carbonyl (C=O) groups is 1. The normalized spacial score (nSPS) is 23.6. The number of aliphatic carboxylic acids is 1. The first kappa shape index (κ1) is 12.1. The van der Waals surface area contributed by atoms with Gasteiger partial charge in [-0.3, -0.25) is 4.79 Å². The molecule has 2 heterocycles. The fourth-order valence-electron chi connectivity index (χ4n) is 1.83. The molecular weight excluding hydrogens is 246 g/mol. The lowest BCUT2D eigenvalue weighted by atomic mass is 10.0. The number of rotatable bonds is 3. The van der Waals surface area contributed by atoms with Gasteiger partial charge in [0.2, 0.25) is 0 Å². The molecule has 2 atom stereocenters. The van der Waals surface area contributed by atoms with E-state index >= 15 is 0 Å². The van der Waals surface area contributed by atoms with Crippen LogP contribution >= 0.6 is 11.6 Å². The van der Waals surface area contributed by atoms with Gasteiger partial charge in [-0.15, -0.1) is 10.2 Å². The molecule has 0 spiro atoms. The van der Waals surface area contributed by atoms with Gasteiger partial charge in [0.05, 0.1) is 19.3 Å². The molecule has 1 aliphatic heterocycles. The molecule has 0 radical (unpaired) electrons. The van der Waals surface area contributed by atoms with Crippen molar-refractivity contribution in [2.75, 3.05) is 25.2 Å². The Morgan fingerprint density at radius 2 is 2.29 bits per heavy atom. The third-order valence-corrected chi connectivity index (χ3v) is 3.05. The number of carboxylic acid groups (broad SMARTS) is 1. The Hall–Kier alpha value is -1.40. The Balaban J connectivity index is 2.16. The molecule has 1 N–H and O–H groups in total. The smallest absolute Gasteiger partial charge is 0.311 e. The van der Waals surface area contributed by atoms with E-state index < -0.39 is 11.9 Å². The topological polar surface area (TPSA) is 75.5 Å². The van der Waals surface area contributed by atoms with Crippen LogP contribution in [0.3, 0.4) is 0 Å². The molecule has 0 amide bonds. The number of halogens is 1. The molecule has 2 unspecified atom stereocenters. The first-order chi connectivity index (χ1) is 8.09. The van der Waals surface area contributed by atoms with Gasteiger partial charge < -0.3 is 14.7 Å². The van der Waals surface area contributed by atoms with E-state index in [1.54, 1.807) is 24.1 Å². The van der Waals surface area contributed by atoms with Gasteiger partial charge in [-0.05, 0) is 12.1 Å². The summed E-state index contributed by atoms with van der Waals surface area (Å²) in [5.74, 6) is -0.824. The summed E-state index contributed by atoms with van der Waals surface area (Å²) in [6.07, 6.45) is 0. The Morgan fingerprint density at radius 1 is 1.53 bits per heavy atom. The van der Waals surface area contributed by atoms with E-state index in [4.69, 9.17) is 21.4 Å². The molecule has 0 bridgehead atoms. The number of anilines is 1. The SMILES string of the molecule is CN(c1ccc(Cl)nn1)C1COCC1C(=O)O. The molecule has 0 aliphatic carbocycles. The summed E-state index contributed by atoms with van der Waals surface area (Å²) >= 11 is 5.64. The Kier molecular flexibility index (Phi) is 3.44. The Bertz CT molecular complexity index is 412. The summed E-state index contributed by atoms with van der Waals surface area (Å²) in [5.41, 5.74) is 0. The minimum absolute atomic E-state index is 0.228. The van der Waals surface area contributed by atoms with Crippen LogP contribution in [0, 0.1) is 5.92 Å². The first-order valence-electron chi connectivity index (χ1n) is 5.12. The molecule has 2 rings (SSSR count). The van der Waals surface area contributed by atoms with Gasteiger partial charge >= 0.3 is 5.97 Å². The van der Waals surface area contributed by atoms with Crippen molar-refractivity contribution in [1.82, 2.24) is 10.2 Å². The van der Waals surface area contributed by atoms with Crippen LogP contribution in [0.25, 0.3) is 0 Å². The predicted molar refractivity (Wildman–Crippen MR) is 61.2 cm³/mol. The average molecular weight is 258 g/mol. The Labute approximate surface area is 103 Å². The number of likely N-dealkylation sites (N-methyl/N-ethyl adjacent to an activating group) is 1. The standard InChI is InChI=1S/C10H12ClN3O3/c1-14(9-3-2-8(11)12-13-9)7-5-17-4-6(7)10(15)16/h2-3,6-7H,4-5H2,1H3,(H,15,16). The van der Waals surface area contributed by atoms with Crippen molar-refractivity contribution in [2.45, 2.75) is 6.04 Å². The molecule has 17 heavy (non-hydrogen) atoms. The first-order valence-corrected chi connectivity index (χ1v) is 5.50. The number of nitrogens with zero attached hydrogens (tertiary/aromatic N) is 3. The van der Waals surface area contributed by atoms with Gasteiger partial charge in [0, 0.05) is 7.05 Å². The Morgan fingerprint density at radius 3 is 2.88 bits per heavy atom. The molecule has 6 nitrogen and oxygen atoms in total. The van der Waals surface area contributed by atoms with Crippen LogP contribution in [0.2, 0.25) is 5.15 Å². The third-order valence-electron chi connectivity index (χ3n) is 2.84. The highest BCUT2D eigenvalue weighted by Crippen LogP contribution is 2.23. The van der Waals surface area contributed by atoms with Crippen molar-refractivity contribution >= 4 is 23.4 Å². The second-order valence-corrected chi connectivity index (χ2v) is 4.26. The van der Waals surface area contributed by atoms with Crippen LogP contribution < -0.4 is 4.90 Å². The summed E-state index contributed by atoms with van der Waals surface area (Å²) in [6.45, 7) is 0.600. The van der Waals surface area contributed by atoms with E-state index in [0.29, 0.717) is 17.6 Å². The minimum Gasteiger partial charge on any atom is -0.481 e. The van der Waals surface area contributed by atoms with Crippen LogP contribution in [0.1, 0.15) is 0 Å². The van der Waals surface area contributed by atoms with E-state index in [0.717, 1.165) is 0 Å². The van der Waals surface area contributed by atoms with Gasteiger partial charge in [0.25, 0.3) is 0 Å². The lowest BCUT2D eigenvalue weighted by molar-refractivity contribution is -0.141. The summed E-state index contributed by atoms with van der Waals surface area (Å²) in [4.78, 5) is 12.8. The summed E-state index contributed by atoms with van der Waals surface area (Å²) < 4.78 is 5.20. The zero-order valence-electron chi connectivity index (χ0n) is 9.21. The lowest BCUT2D eigenvalue weighted by Gasteiger charge is -2.26. The highest BCUT2D eigenvalue weighted by Gasteiger charge is 2.37. The quantitative estimate of drug-likeness (QED) is 0.858. The number of hydrogen-bond acceptors (Lipinski definition) is 5. The number of hydrogen-bond donors (Lipinski definition) is 1. The van der Waals surface area contributed by atoms with Crippen LogP contribution in [0.4, 0.5) is 5.82 Å². The van der Waals surface area contributed by atoms with Gasteiger partial charge in [0.1, 0.15) is 5.92 Å². The number of carboxylic acids is 1. The van der Waals surface area contributed by atoms with E-state index in [-0.39, 0.29) is 12.6 Å². The van der Waals surface area contributed by atoms with Crippen molar-refractivity contribution in [3.63, 3.8) is 0 Å². The van der Waals surface area contributed by atoms with E-state index in [1.165, 1.54) is 0 Å². The van der Waals surface area contributed by atoms with Crippen LogP contribution in [0.15, 0.2) is 12.1 Å². The fourth-order valence-corrected chi connectivity index (χ4v) is 1.93. The van der Waals surface area contributed by atoms with Crippen LogP contribution in [-0.4, -0.2) is 47.6 Å². The van der Waals surface area contributed by atoms with Crippen molar-refractivity contribution in [3.8, 4) is 0 Å². The maximum absolute atomic E-state index is 11.0. The van der Waals surface area contributed by atoms with Crippen molar-refractivity contribution < 1.29 is 14.6 Å². The maximum Gasteiger partial charge on any atom is 0.311 e. The summed E-state index contributed by atoms with van der Waals surface area (Å²) in [5, 5.41) is 17.0. The highest BCUT2D eigenvalue weighted by atomic mass is 35.5. The number of ether oxygens (including phenoxy) is 1. The van der Waals surface area contributed by atoms with E-state index in [2.05, 4.69) is 10.2 Å². The van der Waals surface area contributed by atoms with Crippen molar-refractivity contribution in [2.24, 2.45) is 5.92 Å². The van der Waals surface area contributed by atoms with Crippen LogP contribution in [-0.2, 0) is 9.53 Å². The zero-order valence-corrected chi connectivity index (χ0v) is 9.96. The van der Waals surface area contributed by atoms with Crippen LogP contribution in [0.5, 0.6) is 0 Å². The molecule has 1 aromatic heterocycles. The molecule has 1 aliphatic rings. The van der Waals surface area contributed by atoms with Gasteiger partial charge in [0.15, 0.2) is 11.0 Å². The average Bonchev–Trinajstić information content (AvgIpc) is 2.78. The monoisotopic (exact) mass is 257 g/mol. The second-order valence-electron chi connectivity index (χ2n) is 3.87. The molecular formula is C10H12ClN3O3. The molecule has 1 fully saturated rings. The largest absolute Gasteiger partial charge is 0.481 e. The third kappa shape index (κ3) is 2.48. The number of aromatic nitrogens is 2. The summed E-state index contributed by atoms with van der Waals surface area (Å²) in [6, 6.07) is 3.08. The van der Waals surface area contributed by atoms with Gasteiger partial charge in [-0.2, -0.15) is 0 Å². The molecule has 1 aromatic rings. The highest BCUT2D eigenvalue weighted by molar-refractivity contribution is 6.29. The molecule has 0 aromatic carbocycles. The lowest BCUT2D eigenvalue weighted by Crippen LogP contribution is -2.41. The molecule has 92 valence electrons. The zero-order chi connectivity index (χ0) is 12.4. The summed E-state index contributed by atoms with van der Waals surface area (Å²) in [7, 11) is 1.77.